The number of esters is 1. The van der Waals surface area contributed by atoms with Gasteiger partial charge in [-0.2, -0.15) is 0 Å². The van der Waals surface area contributed by atoms with Gasteiger partial charge >= 0.3 is 5.97 Å². The summed E-state index contributed by atoms with van der Waals surface area (Å²) in [5, 5.41) is 9.66. The topological polar surface area (TPSA) is 46.5 Å². The molecule has 4 heteroatoms. The molecule has 0 saturated heterocycles. The predicted octanol–water partition coefficient (Wildman–Crippen LogP) is 2.05. The molecule has 0 spiro atoms. The Hall–Kier alpha value is -1.31. The first-order valence-corrected chi connectivity index (χ1v) is 5.54. The second-order valence-electron chi connectivity index (χ2n) is 2.95. The van der Waals surface area contributed by atoms with Crippen molar-refractivity contribution in [2.24, 2.45) is 0 Å². The summed E-state index contributed by atoms with van der Waals surface area (Å²) in [5.41, 5.74) is 0.631. The Balaban J connectivity index is 2.72. The average Bonchev–Trinajstić information content (AvgIpc) is 2.26. The Morgan fingerprint density at radius 2 is 2.38 bits per heavy atom. The fraction of sp³-hybridized carbons (Fsp3) is 0.250. The van der Waals surface area contributed by atoms with Crippen LogP contribution in [0.3, 0.4) is 0 Å². The van der Waals surface area contributed by atoms with E-state index in [1.165, 1.54) is 0 Å². The third kappa shape index (κ3) is 4.05. The number of hydrogen-bond donors (Lipinski definition) is 1. The third-order valence-electron chi connectivity index (χ3n) is 1.75. The molecule has 0 amide bonds. The van der Waals surface area contributed by atoms with Gasteiger partial charge in [-0.15, -0.1) is 0 Å². The Morgan fingerprint density at radius 3 is 3.00 bits per heavy atom. The van der Waals surface area contributed by atoms with E-state index in [4.69, 9.17) is 0 Å². The third-order valence-corrected chi connectivity index (χ3v) is 2.24. The van der Waals surface area contributed by atoms with Crippen molar-refractivity contribution in [1.29, 1.82) is 0 Å². The highest BCUT2D eigenvalue weighted by molar-refractivity contribution is 9.10. The molecule has 0 saturated carbocycles. The van der Waals surface area contributed by atoms with Crippen LogP contribution in [0, 0.1) is 11.8 Å². The summed E-state index contributed by atoms with van der Waals surface area (Å²) in [6, 6.07) is 7.10. The molecule has 84 valence electrons. The highest BCUT2D eigenvalue weighted by atomic mass is 79.9. The second-order valence-corrected chi connectivity index (χ2v) is 3.86. The van der Waals surface area contributed by atoms with Crippen LogP contribution < -0.4 is 0 Å². The quantitative estimate of drug-likeness (QED) is 0.513. The van der Waals surface area contributed by atoms with Gasteiger partial charge in [0.1, 0.15) is 6.10 Å². The second kappa shape index (κ2) is 6.31. The number of aliphatic hydroxyl groups excluding tert-OH is 1. The van der Waals surface area contributed by atoms with Crippen LogP contribution >= 0.6 is 15.9 Å². The summed E-state index contributed by atoms with van der Waals surface area (Å²) in [5.74, 6) is 4.02. The van der Waals surface area contributed by atoms with E-state index in [1.54, 1.807) is 25.1 Å². The van der Waals surface area contributed by atoms with Crippen molar-refractivity contribution < 1.29 is 14.6 Å². The number of aliphatic hydroxyl groups is 1. The molecular weight excluding hydrogens is 272 g/mol. The number of hydrogen-bond acceptors (Lipinski definition) is 3. The van der Waals surface area contributed by atoms with E-state index in [0.29, 0.717) is 5.56 Å². The Kier molecular flexibility index (Phi) is 5.03. The van der Waals surface area contributed by atoms with Crippen LogP contribution in [0.5, 0.6) is 0 Å². The molecule has 1 aromatic carbocycles. The zero-order valence-electron chi connectivity index (χ0n) is 8.74. The van der Waals surface area contributed by atoms with Crippen LogP contribution in [0.15, 0.2) is 28.7 Å². The van der Waals surface area contributed by atoms with Crippen molar-refractivity contribution in [2.75, 3.05) is 6.61 Å². The summed E-state index contributed by atoms with van der Waals surface area (Å²) < 4.78 is 5.47. The minimum Gasteiger partial charge on any atom is -0.456 e. The summed E-state index contributed by atoms with van der Waals surface area (Å²) in [7, 11) is 0. The minimum absolute atomic E-state index is 0.278. The predicted molar refractivity (Wildman–Crippen MR) is 63.5 cm³/mol. The molecule has 3 nitrogen and oxygen atoms in total. The number of carbonyl (C=O) groups excluding carboxylic acids is 1. The van der Waals surface area contributed by atoms with Crippen molar-refractivity contribution in [3.8, 4) is 11.8 Å². The highest BCUT2D eigenvalue weighted by Gasteiger charge is 2.04. The molecule has 1 atom stereocenters. The van der Waals surface area contributed by atoms with Crippen molar-refractivity contribution >= 4 is 21.9 Å². The number of halogens is 1. The average molecular weight is 283 g/mol. The molecule has 0 unspecified atom stereocenters. The van der Waals surface area contributed by atoms with Crippen molar-refractivity contribution in [3.05, 3.63) is 34.3 Å². The van der Waals surface area contributed by atoms with Crippen LogP contribution in [0.1, 0.15) is 18.6 Å². The van der Waals surface area contributed by atoms with Gasteiger partial charge in [0.15, 0.2) is 0 Å². The summed E-state index contributed by atoms with van der Waals surface area (Å²) in [6.45, 7) is 1.98. The lowest BCUT2D eigenvalue weighted by Gasteiger charge is -2.03. The van der Waals surface area contributed by atoms with Gasteiger partial charge < -0.3 is 9.84 Å². The summed E-state index contributed by atoms with van der Waals surface area (Å²) in [4.78, 5) is 10.9. The van der Waals surface area contributed by atoms with E-state index in [9.17, 15) is 9.90 Å². The highest BCUT2D eigenvalue weighted by Crippen LogP contribution is 2.17. The molecule has 0 aliphatic rings. The minimum atomic E-state index is -0.984. The zero-order chi connectivity index (χ0) is 12.0. The van der Waals surface area contributed by atoms with Crippen LogP contribution in [-0.2, 0) is 9.53 Å². The fourth-order valence-corrected chi connectivity index (χ4v) is 1.47. The molecule has 16 heavy (non-hydrogen) atoms. The first kappa shape index (κ1) is 12.8. The van der Waals surface area contributed by atoms with Crippen molar-refractivity contribution in [2.45, 2.75) is 13.0 Å². The smallest absolute Gasteiger partial charge is 0.384 e. The Bertz CT molecular complexity index is 431. The Morgan fingerprint density at radius 1 is 1.62 bits per heavy atom. The summed E-state index contributed by atoms with van der Waals surface area (Å²) in [6.07, 6.45) is -0.984. The van der Waals surface area contributed by atoms with E-state index in [2.05, 4.69) is 32.5 Å². The van der Waals surface area contributed by atoms with Gasteiger partial charge in [0.2, 0.25) is 0 Å². The standard InChI is InChI=1S/C12H11BrO3/c1-2-16-12(15)7-6-11(14)9-4-3-5-10(13)8-9/h3-5,8,11,14H,2H2,1H3/t11-/m0/s1. The molecule has 0 aliphatic heterocycles. The number of rotatable bonds is 2. The van der Waals surface area contributed by atoms with Gasteiger partial charge in [0.05, 0.1) is 6.61 Å². The molecule has 0 heterocycles. The van der Waals surface area contributed by atoms with E-state index in [0.717, 1.165) is 4.47 Å². The maximum atomic E-state index is 10.9. The molecular formula is C12H11BrO3. The van der Waals surface area contributed by atoms with Gasteiger partial charge in [-0.1, -0.05) is 34.0 Å². The normalized spacial score (nSPS) is 11.2. The number of carbonyl (C=O) groups is 1. The number of ether oxygens (including phenoxy) is 1. The number of benzene rings is 1. The van der Waals surface area contributed by atoms with Gasteiger partial charge in [-0.3, -0.25) is 0 Å². The fourth-order valence-electron chi connectivity index (χ4n) is 1.05. The van der Waals surface area contributed by atoms with E-state index in [-0.39, 0.29) is 6.61 Å². The van der Waals surface area contributed by atoms with Crippen LogP contribution in [0.2, 0.25) is 0 Å². The van der Waals surface area contributed by atoms with Gasteiger partial charge in [0, 0.05) is 10.4 Å². The van der Waals surface area contributed by atoms with Crippen molar-refractivity contribution in [3.63, 3.8) is 0 Å². The van der Waals surface area contributed by atoms with Crippen LogP contribution in [0.25, 0.3) is 0 Å². The first-order valence-electron chi connectivity index (χ1n) is 4.75. The SMILES string of the molecule is CCOC(=O)C#C[C@H](O)c1cccc(Br)c1. The molecule has 0 bridgehead atoms. The maximum Gasteiger partial charge on any atom is 0.384 e. The van der Waals surface area contributed by atoms with E-state index < -0.39 is 12.1 Å². The lowest BCUT2D eigenvalue weighted by atomic mass is 10.1. The molecule has 0 aromatic heterocycles. The van der Waals surface area contributed by atoms with E-state index >= 15 is 0 Å². The van der Waals surface area contributed by atoms with Gasteiger partial charge in [0.25, 0.3) is 0 Å². The largest absolute Gasteiger partial charge is 0.456 e. The van der Waals surface area contributed by atoms with Crippen LogP contribution in [-0.4, -0.2) is 17.7 Å². The lowest BCUT2D eigenvalue weighted by molar-refractivity contribution is -0.136. The molecule has 0 fully saturated rings. The molecule has 0 radical (unpaired) electrons. The molecule has 1 N–H and O–H groups in total. The molecule has 0 aliphatic carbocycles. The maximum absolute atomic E-state index is 10.9. The monoisotopic (exact) mass is 282 g/mol. The van der Waals surface area contributed by atoms with Crippen molar-refractivity contribution in [1.82, 2.24) is 0 Å². The summed E-state index contributed by atoms with van der Waals surface area (Å²) >= 11 is 3.28. The van der Waals surface area contributed by atoms with Crippen LogP contribution in [0.4, 0.5) is 0 Å². The van der Waals surface area contributed by atoms with E-state index in [1.807, 2.05) is 6.07 Å². The molecule has 1 rings (SSSR count). The first-order chi connectivity index (χ1) is 7.63. The van der Waals surface area contributed by atoms with Gasteiger partial charge in [-0.25, -0.2) is 4.79 Å². The van der Waals surface area contributed by atoms with Gasteiger partial charge in [-0.05, 0) is 24.6 Å². The molecule has 1 aromatic rings. The Labute approximate surface area is 103 Å². The zero-order valence-corrected chi connectivity index (χ0v) is 10.3. The lowest BCUT2D eigenvalue weighted by Crippen LogP contribution is -2.01.